The Labute approximate surface area is 752 Å². The van der Waals surface area contributed by atoms with E-state index in [0.29, 0.717) is 168 Å². The lowest BCUT2D eigenvalue weighted by Gasteiger charge is -2.46. The number of aromatic hydroxyl groups is 1. The van der Waals surface area contributed by atoms with Gasteiger partial charge >= 0.3 is 0 Å². The van der Waals surface area contributed by atoms with Gasteiger partial charge in [-0.3, -0.25) is 4.90 Å². The fraction of sp³-hybridized carbons (Fsp3) is 0.871. The average Bonchev–Trinajstić information content (AvgIpc) is 0.806. The van der Waals surface area contributed by atoms with Crippen LogP contribution in [-0.2, 0) is 53.2 Å². The SMILES string of the molecule is CC(C)(C)N(CCO)CCO.CC(C)(C1CCC(O)CC1)C1CCC(O)CC1.CC(O)COC(C)COC(C)CO.CC(O)COCC(C)O.CN(CCO)CCO.O=S(=O)(C1CCC(O)CC1)C1CCC(O)CC1.OC1CCC(O)CC1.OCCCCCCCO.OCCCOCCCOCCCO.OCCc1ccc(O)cc1.OCc1ccc(CO)cc1. The normalized spacial score (nSPS) is 21.8. The van der Waals surface area contributed by atoms with Crippen LogP contribution in [0.3, 0.4) is 0 Å². The third kappa shape index (κ3) is 76.2. The Morgan fingerprint density at radius 3 is 0.960 bits per heavy atom. The van der Waals surface area contributed by atoms with Crippen molar-refractivity contribution >= 4 is 9.84 Å². The molecular weight excluding hydrogens is 1640 g/mol. The van der Waals surface area contributed by atoms with E-state index in [1.54, 1.807) is 76.2 Å². The number of unbranched alkanes of at least 4 members (excludes halogenated alkanes) is 4. The van der Waals surface area contributed by atoms with Crippen molar-refractivity contribution in [3.63, 3.8) is 0 Å². The maximum absolute atomic E-state index is 12.4. The molecule has 5 unspecified atom stereocenters. The standard InChI is InChI=1S/C15H28O2.C12H22O4S.2C9H20O4.C8H19NO2.2C8H10O2.C7H16O2.C6H14O3.C6H12O2.C5H13NO2/c1-15(2,11-3-7-13(16)8-4-11)12-5-9-14(17)10-6-12;13-9-1-5-11(6-2-9)17(15,16)12-7-3-10(14)4-8-12;1-7(11)5-12-9(3)6-13-8(2)4-10;10-4-1-6-12-8-3-9-13-7-2-5-11;1-8(2,3)9(4-6-10)5-7-11;9-6-5-7-1-3-8(10)4-2-7;9-5-7-1-2-8(6-10)4-3-7;8-6-4-2-1-3-5-7-9;1-5(7)3-9-4-6(2)8;7-5-1-2-6(8)4-3-5;1-6(2-4-7)3-5-8/h11-14,16-17H,3-10H2,1-2H3;9-14H,1-8H2;7-11H,4-6H2,1-3H3;10-11H,1-9H2;10-11H,4-7H2,1-3H3;2*1-4,9-10H,5-6H2;8-9H,1-7H2;5-8H,3-4H2,1-2H3;5-8H,1-4H2;7-8H,2-5H2,1H3. The van der Waals surface area contributed by atoms with Crippen LogP contribution < -0.4 is 0 Å². The van der Waals surface area contributed by atoms with Gasteiger partial charge in [0.15, 0.2) is 9.84 Å². The number of ether oxygens (including phenoxy) is 5. The predicted octanol–water partition coefficient (Wildman–Crippen LogP) is 6.01. The van der Waals surface area contributed by atoms with Gasteiger partial charge in [0.05, 0.1) is 150 Å². The first-order valence-electron chi connectivity index (χ1n) is 46.2. The first kappa shape index (κ1) is 128. The van der Waals surface area contributed by atoms with Crippen LogP contribution in [0.15, 0.2) is 48.5 Å². The number of benzene rings is 2. The molecule has 0 radical (unpaired) electrons. The third-order valence-corrected chi connectivity index (χ3v) is 24.6. The largest absolute Gasteiger partial charge is 0.508 e. The minimum Gasteiger partial charge on any atom is -0.508 e. The van der Waals surface area contributed by atoms with Gasteiger partial charge in [-0.05, 0) is 275 Å². The second-order valence-corrected chi connectivity index (χ2v) is 37.4. The lowest BCUT2D eigenvalue weighted by Crippen LogP contribution is -2.44. The summed E-state index contributed by atoms with van der Waals surface area (Å²) in [5.41, 5.74) is 3.21. The summed E-state index contributed by atoms with van der Waals surface area (Å²) >= 11 is 0. The molecule has 2 aromatic carbocycles. The molecule has 5 aliphatic carbocycles. The minimum absolute atomic E-state index is 0.0170. The molecule has 5 aliphatic rings. The van der Waals surface area contributed by atoms with Crippen LogP contribution in [0.4, 0.5) is 0 Å². The number of hydrogen-bond donors (Lipinski definition) is 22. The topological polar surface area (TPSA) is 532 Å². The van der Waals surface area contributed by atoms with Crippen molar-refractivity contribution < 1.29 is 144 Å². The predicted molar refractivity (Wildman–Crippen MR) is 491 cm³/mol. The van der Waals surface area contributed by atoms with E-state index >= 15 is 0 Å². The highest BCUT2D eigenvalue weighted by molar-refractivity contribution is 7.92. The molecule has 22 N–H and O–H groups in total. The number of nitrogens with zero attached hydrogens (tertiary/aromatic N) is 2. The maximum atomic E-state index is 12.4. The maximum Gasteiger partial charge on any atom is 0.156 e. The van der Waals surface area contributed by atoms with Gasteiger partial charge in [-0.25, -0.2) is 8.42 Å². The lowest BCUT2D eigenvalue weighted by molar-refractivity contribution is -0.0620. The summed E-state index contributed by atoms with van der Waals surface area (Å²) in [7, 11) is -1.20. The molecule has 5 atom stereocenters. The molecule has 0 bridgehead atoms. The molecular formula is C93H184N2O29S. The van der Waals surface area contributed by atoms with Crippen molar-refractivity contribution in [3.8, 4) is 5.75 Å². The van der Waals surface area contributed by atoms with Gasteiger partial charge in [-0.1, -0.05) is 69.5 Å². The summed E-state index contributed by atoms with van der Waals surface area (Å²) in [4.78, 5) is 3.91. The Balaban J connectivity index is -0.000000651. The van der Waals surface area contributed by atoms with Crippen LogP contribution in [0.1, 0.15) is 266 Å². The third-order valence-electron chi connectivity index (χ3n) is 21.8. The van der Waals surface area contributed by atoms with Gasteiger partial charge < -0.3 is 141 Å². The van der Waals surface area contributed by atoms with Crippen molar-refractivity contribution in [2.75, 3.05) is 152 Å². The van der Waals surface area contributed by atoms with Crippen LogP contribution in [-0.4, -0.2) is 366 Å². The Bertz CT molecular complexity index is 2530. The van der Waals surface area contributed by atoms with Crippen molar-refractivity contribution in [2.24, 2.45) is 17.3 Å². The van der Waals surface area contributed by atoms with Crippen molar-refractivity contribution in [3.05, 3.63) is 65.2 Å². The number of aliphatic hydroxyl groups excluding tert-OH is 21. The highest BCUT2D eigenvalue weighted by atomic mass is 32.2. The highest BCUT2D eigenvalue weighted by Crippen LogP contribution is 2.48. The quantitative estimate of drug-likeness (QED) is 0.0338. The van der Waals surface area contributed by atoms with Crippen molar-refractivity contribution in [1.29, 1.82) is 0 Å². The molecule has 0 amide bonds. The summed E-state index contributed by atoms with van der Waals surface area (Å²) in [6, 6.07) is 14.0. The zero-order valence-electron chi connectivity index (χ0n) is 78.8. The van der Waals surface area contributed by atoms with Gasteiger partial charge in [-0.2, -0.15) is 0 Å². The summed E-state index contributed by atoms with van der Waals surface area (Å²) in [5.74, 6) is 1.80. The zero-order valence-corrected chi connectivity index (χ0v) is 79.6. The number of hydrogen-bond acceptors (Lipinski definition) is 31. The Hall–Kier alpha value is -2.93. The summed E-state index contributed by atoms with van der Waals surface area (Å²) in [5, 5.41) is 193. The van der Waals surface area contributed by atoms with E-state index in [0.717, 1.165) is 118 Å². The van der Waals surface area contributed by atoms with Gasteiger partial charge in [0.1, 0.15) is 5.75 Å². The van der Waals surface area contributed by atoms with E-state index in [2.05, 4.69) is 34.6 Å². The van der Waals surface area contributed by atoms with Crippen LogP contribution in [0.2, 0.25) is 0 Å². The summed E-state index contributed by atoms with van der Waals surface area (Å²) in [6.45, 7) is 28.0. The molecule has 746 valence electrons. The van der Waals surface area contributed by atoms with Crippen LogP contribution in [0.25, 0.3) is 0 Å². The molecule has 125 heavy (non-hydrogen) atoms. The fourth-order valence-electron chi connectivity index (χ4n) is 13.7. The minimum atomic E-state index is -3.05. The molecule has 0 spiro atoms. The fourth-order valence-corrected chi connectivity index (χ4v) is 16.1. The zero-order chi connectivity index (χ0) is 95.3. The number of rotatable bonds is 43. The van der Waals surface area contributed by atoms with E-state index in [4.69, 9.17) is 116 Å². The second-order valence-electron chi connectivity index (χ2n) is 34.9. The molecule has 2 aromatic rings. The van der Waals surface area contributed by atoms with E-state index in [1.807, 2.05) is 23.8 Å². The molecule has 0 aliphatic heterocycles. The highest BCUT2D eigenvalue weighted by Gasteiger charge is 2.41. The van der Waals surface area contributed by atoms with E-state index in [-0.39, 0.29) is 137 Å². The monoisotopic (exact) mass is 1830 g/mol. The van der Waals surface area contributed by atoms with Crippen LogP contribution >= 0.6 is 0 Å². The lowest BCUT2D eigenvalue weighted by atomic mass is 9.60. The van der Waals surface area contributed by atoms with Crippen molar-refractivity contribution in [1.82, 2.24) is 9.80 Å². The summed E-state index contributed by atoms with van der Waals surface area (Å²) < 4.78 is 50.5. The molecule has 0 aromatic heterocycles. The molecule has 5 saturated carbocycles. The van der Waals surface area contributed by atoms with Gasteiger partial charge in [0.25, 0.3) is 0 Å². The Kier molecular flexibility index (Phi) is 86.3. The molecule has 7 rings (SSSR count). The molecule has 0 saturated heterocycles. The number of likely N-dealkylation sites (N-methyl/N-ethyl adjacent to an activating group) is 1. The smallest absolute Gasteiger partial charge is 0.156 e. The van der Waals surface area contributed by atoms with E-state index < -0.39 is 28.1 Å². The Morgan fingerprint density at radius 2 is 0.664 bits per heavy atom. The number of sulfone groups is 1. The van der Waals surface area contributed by atoms with Gasteiger partial charge in [-0.15, -0.1) is 0 Å². The Morgan fingerprint density at radius 1 is 0.360 bits per heavy atom. The second kappa shape index (κ2) is 84.1. The molecule has 31 nitrogen and oxygen atoms in total. The average molecular weight is 1830 g/mol. The number of β-amino-alcohol motifs (C(OH)–C–C–N with tert-alkyl or cyclic N) is 2. The number of aliphatic hydroxyl groups is 21. The number of phenolic OH excluding ortho intramolecular Hbond substituents is 1. The van der Waals surface area contributed by atoms with Gasteiger partial charge in [0.2, 0.25) is 0 Å². The molecule has 0 heterocycles. The van der Waals surface area contributed by atoms with Crippen LogP contribution in [0, 0.1) is 17.3 Å². The van der Waals surface area contributed by atoms with Crippen LogP contribution in [0.5, 0.6) is 5.75 Å². The first-order valence-corrected chi connectivity index (χ1v) is 47.8. The van der Waals surface area contributed by atoms with Crippen molar-refractivity contribution in [2.45, 2.75) is 352 Å². The molecule has 32 heteroatoms. The molecule has 5 fully saturated rings. The first-order chi connectivity index (χ1) is 59.3. The number of phenols is 1. The van der Waals surface area contributed by atoms with E-state index in [1.165, 1.54) is 25.7 Å². The summed E-state index contributed by atoms with van der Waals surface area (Å²) in [6.07, 6.45) is 22.2. The van der Waals surface area contributed by atoms with E-state index in [9.17, 15) is 28.8 Å². The van der Waals surface area contributed by atoms with Gasteiger partial charge in [0, 0.05) is 91.2 Å².